The lowest BCUT2D eigenvalue weighted by Gasteiger charge is -1.93. The van der Waals surface area contributed by atoms with Crippen LogP contribution in [0.5, 0.6) is 0 Å². The predicted octanol–water partition coefficient (Wildman–Crippen LogP) is 2.01. The van der Waals surface area contributed by atoms with Crippen molar-refractivity contribution in [3.05, 3.63) is 62.7 Å². The molecule has 0 unspecified atom stereocenters. The first-order valence-electron chi connectivity index (χ1n) is 5.48. The van der Waals surface area contributed by atoms with Crippen molar-refractivity contribution in [1.82, 2.24) is 4.98 Å². The molecule has 0 spiro atoms. The summed E-state index contributed by atoms with van der Waals surface area (Å²) >= 11 is 0. The van der Waals surface area contributed by atoms with Gasteiger partial charge in [0.2, 0.25) is 10.9 Å². The highest BCUT2D eigenvalue weighted by Crippen LogP contribution is 2.15. The molecule has 0 saturated heterocycles. The van der Waals surface area contributed by atoms with Crippen LogP contribution in [0.3, 0.4) is 0 Å². The molecule has 1 aromatic carbocycles. The molecule has 3 aromatic rings. The van der Waals surface area contributed by atoms with Crippen molar-refractivity contribution in [2.24, 2.45) is 0 Å². The van der Waals surface area contributed by atoms with Crippen LogP contribution in [-0.4, -0.2) is 4.98 Å². The molecule has 88 valence electrons. The van der Waals surface area contributed by atoms with Gasteiger partial charge in [-0.3, -0.25) is 14.6 Å². The first kappa shape index (κ1) is 10.7. The lowest BCUT2D eigenvalue weighted by atomic mass is 10.1. The highest BCUT2D eigenvalue weighted by atomic mass is 16.3. The minimum Gasteiger partial charge on any atom is -0.454 e. The van der Waals surface area contributed by atoms with E-state index < -0.39 is 10.9 Å². The second kappa shape index (κ2) is 3.77. The number of rotatable bonds is 0. The Hall–Kier alpha value is -2.49. The zero-order chi connectivity index (χ0) is 12.7. The molecule has 0 N–H and O–H groups in total. The van der Waals surface area contributed by atoms with E-state index in [2.05, 4.69) is 4.98 Å². The summed E-state index contributed by atoms with van der Waals surface area (Å²) in [5, 5.41) is 0.556. The number of pyridine rings is 1. The maximum atomic E-state index is 12.1. The summed E-state index contributed by atoms with van der Waals surface area (Å²) < 4.78 is 5.59. The Morgan fingerprint density at radius 1 is 1.00 bits per heavy atom. The van der Waals surface area contributed by atoms with Crippen molar-refractivity contribution in [1.29, 1.82) is 0 Å². The predicted molar refractivity (Wildman–Crippen MR) is 68.8 cm³/mol. The molecular formula is C14H9NO3. The van der Waals surface area contributed by atoms with E-state index in [9.17, 15) is 9.59 Å². The minimum absolute atomic E-state index is 0.254. The highest BCUT2D eigenvalue weighted by Gasteiger charge is 2.07. The van der Waals surface area contributed by atoms with Crippen LogP contribution >= 0.6 is 0 Å². The summed E-state index contributed by atoms with van der Waals surface area (Å²) in [5.41, 5.74) is 0.516. The Morgan fingerprint density at radius 2 is 1.78 bits per heavy atom. The van der Waals surface area contributed by atoms with Gasteiger partial charge < -0.3 is 4.42 Å². The van der Waals surface area contributed by atoms with Gasteiger partial charge in [0.05, 0.1) is 17.0 Å². The standard InChI is InChI=1S/C14H9NO3/c1-8-2-3-11-10(6-8)14(17)13(16)9-4-5-15-7-12(9)18-11/h2-7H,1H3. The Labute approximate surface area is 102 Å². The largest absolute Gasteiger partial charge is 0.454 e. The van der Waals surface area contributed by atoms with Crippen LogP contribution < -0.4 is 10.9 Å². The SMILES string of the molecule is Cc1ccc2oc3cnccc3c(=O)c(=O)c2c1. The molecule has 0 amide bonds. The maximum absolute atomic E-state index is 12.1. The van der Waals surface area contributed by atoms with Gasteiger partial charge in [0.1, 0.15) is 5.58 Å². The van der Waals surface area contributed by atoms with E-state index in [1.165, 1.54) is 18.5 Å². The number of nitrogens with zero attached hydrogens (tertiary/aromatic N) is 1. The average molecular weight is 239 g/mol. The normalized spacial score (nSPS) is 10.9. The Morgan fingerprint density at radius 3 is 2.61 bits per heavy atom. The van der Waals surface area contributed by atoms with E-state index >= 15 is 0 Å². The molecule has 0 aliphatic carbocycles. The summed E-state index contributed by atoms with van der Waals surface area (Å²) in [6.45, 7) is 1.86. The summed E-state index contributed by atoms with van der Waals surface area (Å²) in [7, 11) is 0. The number of fused-ring (bicyclic) bond motifs is 2. The monoisotopic (exact) mass is 239 g/mol. The van der Waals surface area contributed by atoms with Crippen molar-refractivity contribution in [3.63, 3.8) is 0 Å². The van der Waals surface area contributed by atoms with E-state index in [4.69, 9.17) is 4.42 Å². The van der Waals surface area contributed by atoms with Crippen LogP contribution in [0.15, 0.2) is 50.7 Å². The van der Waals surface area contributed by atoms with E-state index in [0.29, 0.717) is 16.6 Å². The second-order valence-corrected chi connectivity index (χ2v) is 4.13. The third-order valence-corrected chi connectivity index (χ3v) is 2.83. The summed E-state index contributed by atoms with van der Waals surface area (Å²) in [6, 6.07) is 6.68. The molecule has 0 aliphatic heterocycles. The van der Waals surface area contributed by atoms with Crippen LogP contribution in [0.2, 0.25) is 0 Å². The quantitative estimate of drug-likeness (QED) is 0.563. The van der Waals surface area contributed by atoms with Crippen LogP contribution in [0.25, 0.3) is 21.9 Å². The van der Waals surface area contributed by atoms with Crippen molar-refractivity contribution < 1.29 is 4.42 Å². The van der Waals surface area contributed by atoms with Crippen molar-refractivity contribution in [2.75, 3.05) is 0 Å². The van der Waals surface area contributed by atoms with Crippen LogP contribution in [0.1, 0.15) is 5.56 Å². The van der Waals surface area contributed by atoms with Gasteiger partial charge in [-0.05, 0) is 25.1 Å². The Kier molecular flexibility index (Phi) is 2.23. The molecule has 0 saturated carbocycles. The second-order valence-electron chi connectivity index (χ2n) is 4.13. The third-order valence-electron chi connectivity index (χ3n) is 2.83. The molecule has 0 aliphatic rings. The summed E-state index contributed by atoms with van der Waals surface area (Å²) in [6.07, 6.45) is 2.91. The van der Waals surface area contributed by atoms with E-state index in [1.807, 2.05) is 13.0 Å². The zero-order valence-electron chi connectivity index (χ0n) is 9.64. The van der Waals surface area contributed by atoms with E-state index in [1.54, 1.807) is 12.1 Å². The molecule has 0 radical (unpaired) electrons. The maximum Gasteiger partial charge on any atom is 0.237 e. The van der Waals surface area contributed by atoms with E-state index in [0.717, 1.165) is 5.56 Å². The van der Waals surface area contributed by atoms with Gasteiger partial charge in [-0.15, -0.1) is 0 Å². The van der Waals surface area contributed by atoms with Gasteiger partial charge in [-0.1, -0.05) is 11.6 Å². The van der Waals surface area contributed by atoms with Crippen molar-refractivity contribution in [3.8, 4) is 0 Å². The minimum atomic E-state index is -0.559. The van der Waals surface area contributed by atoms with Crippen LogP contribution in [0, 0.1) is 6.92 Å². The molecule has 2 heterocycles. The molecule has 0 bridgehead atoms. The first-order valence-corrected chi connectivity index (χ1v) is 5.48. The zero-order valence-corrected chi connectivity index (χ0v) is 9.64. The van der Waals surface area contributed by atoms with Crippen LogP contribution in [-0.2, 0) is 0 Å². The summed E-state index contributed by atoms with van der Waals surface area (Å²) in [5.74, 6) is 0. The molecule has 0 fully saturated rings. The fourth-order valence-corrected chi connectivity index (χ4v) is 1.92. The lowest BCUT2D eigenvalue weighted by molar-refractivity contribution is 0.661. The number of hydrogen-bond donors (Lipinski definition) is 0. The van der Waals surface area contributed by atoms with Crippen LogP contribution in [0.4, 0.5) is 0 Å². The fraction of sp³-hybridized carbons (Fsp3) is 0.0714. The topological polar surface area (TPSA) is 60.2 Å². The van der Waals surface area contributed by atoms with Gasteiger partial charge in [0.25, 0.3) is 0 Å². The molecule has 3 rings (SSSR count). The Bertz CT molecular complexity index is 881. The highest BCUT2D eigenvalue weighted by molar-refractivity contribution is 5.83. The molecule has 4 heteroatoms. The lowest BCUT2D eigenvalue weighted by Crippen LogP contribution is -2.21. The average Bonchev–Trinajstić information content (AvgIpc) is 2.48. The smallest absolute Gasteiger partial charge is 0.237 e. The van der Waals surface area contributed by atoms with Crippen molar-refractivity contribution in [2.45, 2.75) is 6.92 Å². The molecule has 4 nitrogen and oxygen atoms in total. The number of aryl methyl sites for hydroxylation is 1. The first-order chi connectivity index (χ1) is 8.66. The van der Waals surface area contributed by atoms with Crippen molar-refractivity contribution >= 4 is 21.9 Å². The van der Waals surface area contributed by atoms with E-state index in [-0.39, 0.29) is 5.39 Å². The number of benzene rings is 1. The number of hydrogen-bond acceptors (Lipinski definition) is 4. The van der Waals surface area contributed by atoms with Gasteiger partial charge in [-0.25, -0.2) is 0 Å². The van der Waals surface area contributed by atoms with Gasteiger partial charge in [-0.2, -0.15) is 0 Å². The fourth-order valence-electron chi connectivity index (χ4n) is 1.92. The Balaban J connectivity index is 2.73. The third kappa shape index (κ3) is 1.50. The molecule has 0 atom stereocenters. The number of aromatic nitrogens is 1. The molecular weight excluding hydrogens is 230 g/mol. The summed E-state index contributed by atoms with van der Waals surface area (Å²) in [4.78, 5) is 28.1. The molecule has 18 heavy (non-hydrogen) atoms. The molecule has 2 aromatic heterocycles. The van der Waals surface area contributed by atoms with Gasteiger partial charge >= 0.3 is 0 Å². The van der Waals surface area contributed by atoms with Gasteiger partial charge in [0.15, 0.2) is 5.58 Å². The van der Waals surface area contributed by atoms with Gasteiger partial charge in [0, 0.05) is 6.20 Å².